The summed E-state index contributed by atoms with van der Waals surface area (Å²) in [6.45, 7) is 2.94. The van der Waals surface area contributed by atoms with Crippen LogP contribution in [0, 0.1) is 0 Å². The van der Waals surface area contributed by atoms with Gasteiger partial charge in [0.05, 0.1) is 11.9 Å². The van der Waals surface area contributed by atoms with E-state index in [0.717, 1.165) is 18.7 Å². The number of rotatable bonds is 5. The van der Waals surface area contributed by atoms with Crippen LogP contribution < -0.4 is 5.32 Å². The summed E-state index contributed by atoms with van der Waals surface area (Å²) in [7, 11) is 0. The number of anilines is 1. The Kier molecular flexibility index (Phi) is 3.38. The van der Waals surface area contributed by atoms with E-state index < -0.39 is 0 Å². The average Bonchev–Trinajstić information content (AvgIpc) is 3.16. The van der Waals surface area contributed by atoms with Crippen LogP contribution in [0.4, 0.5) is 5.95 Å². The van der Waals surface area contributed by atoms with Crippen molar-refractivity contribution in [1.29, 1.82) is 0 Å². The number of nitrogens with zero attached hydrogens (tertiary/aromatic N) is 4. The Morgan fingerprint density at radius 3 is 3.05 bits per heavy atom. The largest absolute Gasteiger partial charge is 0.354 e. The highest BCUT2D eigenvalue weighted by Gasteiger charge is 2.26. The van der Waals surface area contributed by atoms with Gasteiger partial charge < -0.3 is 5.32 Å². The molecule has 1 aliphatic carbocycles. The number of halogens is 1. The first-order valence-electron chi connectivity index (χ1n) is 6.60. The molecule has 0 saturated heterocycles. The van der Waals surface area contributed by atoms with Gasteiger partial charge in [-0.15, -0.1) is 0 Å². The second-order valence-corrected chi connectivity index (χ2v) is 5.16. The van der Waals surface area contributed by atoms with Crippen molar-refractivity contribution < 1.29 is 0 Å². The maximum atomic E-state index is 6.16. The summed E-state index contributed by atoms with van der Waals surface area (Å²) < 4.78 is 1.73. The molecule has 0 amide bonds. The zero-order chi connectivity index (χ0) is 13.2. The molecule has 2 heterocycles. The second kappa shape index (κ2) is 5.17. The molecule has 2 aromatic rings. The van der Waals surface area contributed by atoms with E-state index in [1.807, 2.05) is 12.3 Å². The summed E-state index contributed by atoms with van der Waals surface area (Å²) >= 11 is 6.16. The van der Waals surface area contributed by atoms with Crippen molar-refractivity contribution in [2.45, 2.75) is 32.1 Å². The molecule has 5 nitrogen and oxygen atoms in total. The molecule has 0 aliphatic heterocycles. The number of nitrogens with one attached hydrogen (secondary N) is 1. The zero-order valence-electron chi connectivity index (χ0n) is 10.8. The van der Waals surface area contributed by atoms with E-state index in [9.17, 15) is 0 Å². The van der Waals surface area contributed by atoms with Gasteiger partial charge in [0.15, 0.2) is 5.82 Å². The molecule has 1 aliphatic rings. The molecule has 0 aromatic carbocycles. The topological polar surface area (TPSA) is 55.6 Å². The molecular weight excluding hydrogens is 262 g/mol. The highest BCUT2D eigenvalue weighted by Crippen LogP contribution is 2.39. The Morgan fingerprint density at radius 1 is 1.47 bits per heavy atom. The molecule has 0 spiro atoms. The predicted octanol–water partition coefficient (Wildman–Crippen LogP) is 3.02. The summed E-state index contributed by atoms with van der Waals surface area (Å²) in [6.07, 6.45) is 7.01. The lowest BCUT2D eigenvalue weighted by atomic mass is 10.3. The molecule has 0 unspecified atom stereocenters. The van der Waals surface area contributed by atoms with Gasteiger partial charge in [0, 0.05) is 18.7 Å². The molecule has 100 valence electrons. The Balaban J connectivity index is 1.88. The molecule has 1 fully saturated rings. The minimum Gasteiger partial charge on any atom is -0.354 e. The molecule has 2 aromatic heterocycles. The smallest absolute Gasteiger partial charge is 0.224 e. The van der Waals surface area contributed by atoms with Crippen molar-refractivity contribution in [1.82, 2.24) is 19.7 Å². The van der Waals surface area contributed by atoms with Gasteiger partial charge in [0.1, 0.15) is 5.02 Å². The maximum Gasteiger partial charge on any atom is 0.224 e. The summed E-state index contributed by atoms with van der Waals surface area (Å²) in [5, 5.41) is 8.20. The van der Waals surface area contributed by atoms with Gasteiger partial charge in [-0.2, -0.15) is 10.1 Å². The van der Waals surface area contributed by atoms with Gasteiger partial charge in [-0.1, -0.05) is 18.5 Å². The molecule has 0 atom stereocenters. The van der Waals surface area contributed by atoms with Crippen LogP contribution in [0.3, 0.4) is 0 Å². The third-order valence-corrected chi connectivity index (χ3v) is 3.35. The minimum atomic E-state index is 0.507. The van der Waals surface area contributed by atoms with Crippen molar-refractivity contribution in [2.24, 2.45) is 0 Å². The SMILES string of the molecule is CCCNc1ncc(Cl)c(-n2ccc(C3CC3)n2)n1. The van der Waals surface area contributed by atoms with Crippen LogP contribution in [-0.4, -0.2) is 26.3 Å². The van der Waals surface area contributed by atoms with Crippen LogP contribution in [-0.2, 0) is 0 Å². The van der Waals surface area contributed by atoms with E-state index in [1.165, 1.54) is 12.8 Å². The number of hydrogen-bond donors (Lipinski definition) is 1. The number of aromatic nitrogens is 4. The monoisotopic (exact) mass is 277 g/mol. The lowest BCUT2D eigenvalue weighted by molar-refractivity contribution is 0.807. The first kappa shape index (κ1) is 12.4. The van der Waals surface area contributed by atoms with E-state index in [2.05, 4.69) is 27.3 Å². The van der Waals surface area contributed by atoms with E-state index in [1.54, 1.807) is 10.9 Å². The molecule has 3 rings (SSSR count). The van der Waals surface area contributed by atoms with Crippen LogP contribution >= 0.6 is 11.6 Å². The Labute approximate surface area is 117 Å². The molecule has 1 saturated carbocycles. The lowest BCUT2D eigenvalue weighted by Crippen LogP contribution is -2.08. The summed E-state index contributed by atoms with van der Waals surface area (Å²) in [5.41, 5.74) is 1.12. The fraction of sp³-hybridized carbons (Fsp3) is 0.462. The maximum absolute atomic E-state index is 6.16. The Hall–Kier alpha value is -1.62. The Bertz CT molecular complexity index is 576. The van der Waals surface area contributed by atoms with E-state index in [0.29, 0.717) is 22.7 Å². The van der Waals surface area contributed by atoms with Crippen LogP contribution in [0.2, 0.25) is 5.02 Å². The standard InChI is InChI=1S/C13H16ClN5/c1-2-6-15-13-16-8-10(14)12(17-13)19-7-5-11(18-19)9-3-4-9/h5,7-9H,2-4,6H2,1H3,(H,15,16,17). The first-order valence-corrected chi connectivity index (χ1v) is 6.98. The normalized spacial score (nSPS) is 14.6. The highest BCUT2D eigenvalue weighted by atomic mass is 35.5. The summed E-state index contributed by atoms with van der Waals surface area (Å²) in [4.78, 5) is 8.58. The third-order valence-electron chi connectivity index (χ3n) is 3.08. The molecule has 1 N–H and O–H groups in total. The van der Waals surface area contributed by atoms with Crippen LogP contribution in [0.5, 0.6) is 0 Å². The van der Waals surface area contributed by atoms with Gasteiger partial charge in [-0.3, -0.25) is 0 Å². The summed E-state index contributed by atoms with van der Waals surface area (Å²) in [5.74, 6) is 1.84. The van der Waals surface area contributed by atoms with Gasteiger partial charge >= 0.3 is 0 Å². The van der Waals surface area contributed by atoms with Crippen molar-refractivity contribution in [3.8, 4) is 5.82 Å². The van der Waals surface area contributed by atoms with Crippen molar-refractivity contribution in [3.05, 3.63) is 29.2 Å². The second-order valence-electron chi connectivity index (χ2n) is 4.75. The van der Waals surface area contributed by atoms with Crippen LogP contribution in [0.15, 0.2) is 18.5 Å². The average molecular weight is 278 g/mol. The number of hydrogen-bond acceptors (Lipinski definition) is 4. The predicted molar refractivity (Wildman–Crippen MR) is 74.9 cm³/mol. The molecule has 0 radical (unpaired) electrons. The van der Waals surface area contributed by atoms with Crippen molar-refractivity contribution in [3.63, 3.8) is 0 Å². The lowest BCUT2D eigenvalue weighted by Gasteiger charge is -2.07. The molecule has 0 bridgehead atoms. The van der Waals surface area contributed by atoms with Crippen molar-refractivity contribution >= 4 is 17.5 Å². The van der Waals surface area contributed by atoms with E-state index in [-0.39, 0.29) is 0 Å². The van der Waals surface area contributed by atoms with E-state index in [4.69, 9.17) is 11.6 Å². The van der Waals surface area contributed by atoms with E-state index >= 15 is 0 Å². The quantitative estimate of drug-likeness (QED) is 0.913. The molecule has 6 heteroatoms. The van der Waals surface area contributed by atoms with Crippen LogP contribution in [0.1, 0.15) is 37.8 Å². The molecular formula is C13H16ClN5. The Morgan fingerprint density at radius 2 is 2.32 bits per heavy atom. The minimum absolute atomic E-state index is 0.507. The van der Waals surface area contributed by atoms with Gasteiger partial charge in [0.2, 0.25) is 5.95 Å². The third kappa shape index (κ3) is 2.71. The highest BCUT2D eigenvalue weighted by molar-refractivity contribution is 6.32. The molecule has 19 heavy (non-hydrogen) atoms. The van der Waals surface area contributed by atoms with Gasteiger partial charge in [-0.05, 0) is 25.3 Å². The fourth-order valence-electron chi connectivity index (χ4n) is 1.89. The fourth-order valence-corrected chi connectivity index (χ4v) is 2.07. The summed E-state index contributed by atoms with van der Waals surface area (Å²) in [6, 6.07) is 2.04. The first-order chi connectivity index (χ1) is 9.28. The van der Waals surface area contributed by atoms with Crippen LogP contribution in [0.25, 0.3) is 5.82 Å². The zero-order valence-corrected chi connectivity index (χ0v) is 11.6. The van der Waals surface area contributed by atoms with Gasteiger partial charge in [-0.25, -0.2) is 9.67 Å². The van der Waals surface area contributed by atoms with Gasteiger partial charge in [0.25, 0.3) is 0 Å². The van der Waals surface area contributed by atoms with Crippen molar-refractivity contribution in [2.75, 3.05) is 11.9 Å².